The van der Waals surface area contributed by atoms with E-state index in [1.807, 2.05) is 0 Å². The van der Waals surface area contributed by atoms with E-state index in [4.69, 9.17) is 0 Å². The number of rotatable bonds is 3. The van der Waals surface area contributed by atoms with E-state index in [2.05, 4.69) is 44.7 Å². The zero-order valence-corrected chi connectivity index (χ0v) is 9.75. The minimum absolute atomic E-state index is 0.764. The second-order valence-corrected chi connectivity index (χ2v) is 5.01. The van der Waals surface area contributed by atoms with Crippen molar-refractivity contribution in [3.8, 4) is 0 Å². The Kier molecular flexibility index (Phi) is 3.74. The standard InChI is InChI=1S/C11H24N2/c1-9(2)7-13(5)11-6-10(3)12(4)8-11/h9-11H,6-8H2,1-5H3. The van der Waals surface area contributed by atoms with Crippen LogP contribution in [0.3, 0.4) is 0 Å². The molecule has 1 aliphatic rings. The third-order valence-corrected chi connectivity index (χ3v) is 3.14. The molecule has 2 heteroatoms. The zero-order chi connectivity index (χ0) is 10.0. The van der Waals surface area contributed by atoms with Gasteiger partial charge in [0.1, 0.15) is 0 Å². The lowest BCUT2D eigenvalue weighted by Gasteiger charge is -2.25. The predicted molar refractivity (Wildman–Crippen MR) is 58.0 cm³/mol. The molecule has 0 aromatic carbocycles. The van der Waals surface area contributed by atoms with Gasteiger partial charge in [0.2, 0.25) is 0 Å². The Hall–Kier alpha value is -0.0800. The summed E-state index contributed by atoms with van der Waals surface area (Å²) in [4.78, 5) is 4.98. The summed E-state index contributed by atoms with van der Waals surface area (Å²) in [6, 6.07) is 1.54. The van der Waals surface area contributed by atoms with E-state index < -0.39 is 0 Å². The van der Waals surface area contributed by atoms with Crippen molar-refractivity contribution in [2.45, 2.75) is 39.3 Å². The van der Waals surface area contributed by atoms with Gasteiger partial charge in [-0.2, -0.15) is 0 Å². The van der Waals surface area contributed by atoms with Gasteiger partial charge in [0.15, 0.2) is 0 Å². The normalized spacial score (nSPS) is 30.7. The first-order chi connectivity index (χ1) is 6.00. The number of likely N-dealkylation sites (tertiary alicyclic amines) is 1. The van der Waals surface area contributed by atoms with Crippen molar-refractivity contribution >= 4 is 0 Å². The van der Waals surface area contributed by atoms with E-state index in [1.54, 1.807) is 0 Å². The average Bonchev–Trinajstić information content (AvgIpc) is 2.31. The van der Waals surface area contributed by atoms with Gasteiger partial charge in [-0.05, 0) is 33.4 Å². The van der Waals surface area contributed by atoms with Crippen LogP contribution in [0.1, 0.15) is 27.2 Å². The zero-order valence-electron chi connectivity index (χ0n) is 9.75. The fourth-order valence-corrected chi connectivity index (χ4v) is 2.20. The summed E-state index contributed by atoms with van der Waals surface area (Å²) in [6.45, 7) is 9.37. The van der Waals surface area contributed by atoms with Gasteiger partial charge in [-0.1, -0.05) is 13.8 Å². The van der Waals surface area contributed by atoms with E-state index in [1.165, 1.54) is 19.5 Å². The number of hydrogen-bond donors (Lipinski definition) is 0. The van der Waals surface area contributed by atoms with Crippen molar-refractivity contribution < 1.29 is 0 Å². The van der Waals surface area contributed by atoms with E-state index >= 15 is 0 Å². The molecule has 0 amide bonds. The third-order valence-electron chi connectivity index (χ3n) is 3.14. The molecule has 78 valence electrons. The van der Waals surface area contributed by atoms with Crippen molar-refractivity contribution in [3.05, 3.63) is 0 Å². The molecular formula is C11H24N2. The molecule has 13 heavy (non-hydrogen) atoms. The molecule has 0 aromatic heterocycles. The van der Waals surface area contributed by atoms with E-state index in [-0.39, 0.29) is 0 Å². The first-order valence-electron chi connectivity index (χ1n) is 5.41. The molecule has 0 radical (unpaired) electrons. The highest BCUT2D eigenvalue weighted by atomic mass is 15.2. The van der Waals surface area contributed by atoms with Crippen molar-refractivity contribution in [3.63, 3.8) is 0 Å². The van der Waals surface area contributed by atoms with Gasteiger partial charge in [-0.3, -0.25) is 0 Å². The summed E-state index contributed by atoms with van der Waals surface area (Å²) >= 11 is 0. The Balaban J connectivity index is 2.37. The minimum Gasteiger partial charge on any atom is -0.302 e. The van der Waals surface area contributed by atoms with E-state index in [9.17, 15) is 0 Å². The summed E-state index contributed by atoms with van der Waals surface area (Å²) in [7, 11) is 4.49. The quantitative estimate of drug-likeness (QED) is 0.658. The Morgan fingerprint density at radius 2 is 2.08 bits per heavy atom. The first kappa shape index (κ1) is 11.0. The van der Waals surface area contributed by atoms with Gasteiger partial charge in [-0.15, -0.1) is 0 Å². The van der Waals surface area contributed by atoms with Crippen LogP contribution in [0.25, 0.3) is 0 Å². The highest BCUT2D eigenvalue weighted by molar-refractivity contribution is 4.85. The maximum absolute atomic E-state index is 2.52. The van der Waals surface area contributed by atoms with Gasteiger partial charge in [0.25, 0.3) is 0 Å². The molecule has 1 rings (SSSR count). The van der Waals surface area contributed by atoms with Crippen LogP contribution in [-0.2, 0) is 0 Å². The summed E-state index contributed by atoms with van der Waals surface area (Å²) in [5, 5.41) is 0. The van der Waals surface area contributed by atoms with Gasteiger partial charge >= 0.3 is 0 Å². The molecule has 1 aliphatic heterocycles. The SMILES string of the molecule is CC(C)CN(C)C1CC(C)N(C)C1. The van der Waals surface area contributed by atoms with Crippen LogP contribution in [0, 0.1) is 5.92 Å². The lowest BCUT2D eigenvalue weighted by atomic mass is 10.1. The summed E-state index contributed by atoms with van der Waals surface area (Å²) in [5.74, 6) is 0.784. The van der Waals surface area contributed by atoms with Gasteiger partial charge in [0.05, 0.1) is 0 Å². The molecule has 0 saturated carbocycles. The van der Waals surface area contributed by atoms with Crippen LogP contribution in [0.4, 0.5) is 0 Å². The molecule has 1 saturated heterocycles. The second kappa shape index (κ2) is 4.43. The van der Waals surface area contributed by atoms with E-state index in [0.717, 1.165) is 18.0 Å². The van der Waals surface area contributed by atoms with Crippen molar-refractivity contribution in [2.24, 2.45) is 5.92 Å². The number of hydrogen-bond acceptors (Lipinski definition) is 2. The Labute approximate surface area is 82.9 Å². The molecule has 0 aromatic rings. The molecule has 0 aliphatic carbocycles. The predicted octanol–water partition coefficient (Wildman–Crippen LogP) is 1.67. The van der Waals surface area contributed by atoms with Gasteiger partial charge in [-0.25, -0.2) is 0 Å². The molecule has 2 nitrogen and oxygen atoms in total. The molecule has 0 N–H and O–H groups in total. The third kappa shape index (κ3) is 2.96. The van der Waals surface area contributed by atoms with Gasteiger partial charge in [0, 0.05) is 25.2 Å². The van der Waals surface area contributed by atoms with Crippen LogP contribution >= 0.6 is 0 Å². The van der Waals surface area contributed by atoms with Crippen LogP contribution in [0.5, 0.6) is 0 Å². The monoisotopic (exact) mass is 184 g/mol. The lowest BCUT2D eigenvalue weighted by Crippen LogP contribution is -2.36. The van der Waals surface area contributed by atoms with Crippen LogP contribution in [0.2, 0.25) is 0 Å². The molecule has 0 spiro atoms. The van der Waals surface area contributed by atoms with E-state index in [0.29, 0.717) is 0 Å². The Morgan fingerprint density at radius 3 is 2.46 bits per heavy atom. The second-order valence-electron chi connectivity index (χ2n) is 5.01. The fourth-order valence-electron chi connectivity index (χ4n) is 2.20. The highest BCUT2D eigenvalue weighted by Gasteiger charge is 2.28. The Morgan fingerprint density at radius 1 is 1.46 bits per heavy atom. The maximum Gasteiger partial charge on any atom is 0.0235 e. The van der Waals surface area contributed by atoms with Crippen molar-refractivity contribution in [1.29, 1.82) is 0 Å². The van der Waals surface area contributed by atoms with Crippen molar-refractivity contribution in [1.82, 2.24) is 9.80 Å². The lowest BCUT2D eigenvalue weighted by molar-refractivity contribution is 0.218. The smallest absolute Gasteiger partial charge is 0.0235 e. The topological polar surface area (TPSA) is 6.48 Å². The summed E-state index contributed by atoms with van der Waals surface area (Å²) in [6.07, 6.45) is 1.33. The van der Waals surface area contributed by atoms with Crippen LogP contribution < -0.4 is 0 Å². The molecule has 1 fully saturated rings. The summed E-state index contributed by atoms with van der Waals surface area (Å²) in [5.41, 5.74) is 0. The molecular weight excluding hydrogens is 160 g/mol. The summed E-state index contributed by atoms with van der Waals surface area (Å²) < 4.78 is 0. The highest BCUT2D eigenvalue weighted by Crippen LogP contribution is 2.19. The minimum atomic E-state index is 0.764. The van der Waals surface area contributed by atoms with Gasteiger partial charge < -0.3 is 9.80 Å². The largest absolute Gasteiger partial charge is 0.302 e. The van der Waals surface area contributed by atoms with Crippen LogP contribution in [-0.4, -0.2) is 49.1 Å². The average molecular weight is 184 g/mol. The number of likely N-dealkylation sites (N-methyl/N-ethyl adjacent to an activating group) is 2. The Bertz CT molecular complexity index is 146. The maximum atomic E-state index is 2.52. The van der Waals surface area contributed by atoms with Crippen LogP contribution in [0.15, 0.2) is 0 Å². The van der Waals surface area contributed by atoms with Crippen molar-refractivity contribution in [2.75, 3.05) is 27.2 Å². The first-order valence-corrected chi connectivity index (χ1v) is 5.41. The molecule has 0 bridgehead atoms. The fraction of sp³-hybridized carbons (Fsp3) is 1.00. The molecule has 2 unspecified atom stereocenters. The number of nitrogens with zero attached hydrogens (tertiary/aromatic N) is 2. The molecule has 2 atom stereocenters. The molecule has 1 heterocycles.